The van der Waals surface area contributed by atoms with Gasteiger partial charge in [0.1, 0.15) is 0 Å². The highest BCUT2D eigenvalue weighted by Crippen LogP contribution is 2.27. The van der Waals surface area contributed by atoms with Gasteiger partial charge in [0.15, 0.2) is 0 Å². The van der Waals surface area contributed by atoms with E-state index in [9.17, 15) is 13.2 Å². The van der Waals surface area contributed by atoms with Crippen molar-refractivity contribution in [1.82, 2.24) is 0 Å². The van der Waals surface area contributed by atoms with Crippen LogP contribution in [0, 0.1) is 5.92 Å². The van der Waals surface area contributed by atoms with Crippen LogP contribution in [0.25, 0.3) is 0 Å². The molecule has 2 unspecified atom stereocenters. The Labute approximate surface area is 124 Å². The minimum Gasteiger partial charge on any atom is -0.377 e. The maximum atomic E-state index is 12.5. The third-order valence-electron chi connectivity index (χ3n) is 3.81. The van der Waals surface area contributed by atoms with E-state index >= 15 is 0 Å². The first kappa shape index (κ1) is 15.9. The molecule has 6 nitrogen and oxygen atoms in total. The molecule has 0 radical (unpaired) electrons. The quantitative estimate of drug-likeness (QED) is 0.902. The predicted octanol–water partition coefficient (Wildman–Crippen LogP) is 1.11. The van der Waals surface area contributed by atoms with Gasteiger partial charge in [-0.2, -0.15) is 0 Å². The van der Waals surface area contributed by atoms with Gasteiger partial charge in [0.2, 0.25) is 15.9 Å². The van der Waals surface area contributed by atoms with E-state index in [1.54, 1.807) is 19.2 Å². The van der Waals surface area contributed by atoms with Crippen molar-refractivity contribution in [3.8, 4) is 0 Å². The van der Waals surface area contributed by atoms with Crippen molar-refractivity contribution in [1.29, 1.82) is 0 Å². The van der Waals surface area contributed by atoms with Crippen LogP contribution in [0.2, 0.25) is 0 Å². The highest BCUT2D eigenvalue weighted by Gasteiger charge is 2.34. The zero-order chi connectivity index (χ0) is 15.6. The number of nitrogens with two attached hydrogens (primary N) is 1. The third-order valence-corrected chi connectivity index (χ3v) is 4.74. The number of nitrogens with zero attached hydrogens (tertiary/aromatic N) is 1. The molecule has 7 heteroatoms. The summed E-state index contributed by atoms with van der Waals surface area (Å²) in [6.45, 7) is 2.60. The van der Waals surface area contributed by atoms with Crippen molar-refractivity contribution in [2.45, 2.75) is 30.8 Å². The summed E-state index contributed by atoms with van der Waals surface area (Å²) in [6, 6.07) is 5.95. The molecule has 1 amide bonds. The topological polar surface area (TPSA) is 89.7 Å². The zero-order valence-electron chi connectivity index (χ0n) is 12.2. The fourth-order valence-electron chi connectivity index (χ4n) is 2.57. The van der Waals surface area contributed by atoms with Crippen LogP contribution in [-0.4, -0.2) is 34.1 Å². The summed E-state index contributed by atoms with van der Waals surface area (Å²) in [6.07, 6.45) is 1.48. The molecule has 0 saturated carbocycles. The summed E-state index contributed by atoms with van der Waals surface area (Å²) < 4.78 is 28.0. The number of anilines is 1. The molecule has 0 aromatic heterocycles. The summed E-state index contributed by atoms with van der Waals surface area (Å²) in [5, 5.41) is 5.05. The maximum absolute atomic E-state index is 12.5. The maximum Gasteiger partial charge on any atom is 0.238 e. The summed E-state index contributed by atoms with van der Waals surface area (Å²) in [5.41, 5.74) is 0.633. The van der Waals surface area contributed by atoms with Crippen molar-refractivity contribution in [3.63, 3.8) is 0 Å². The van der Waals surface area contributed by atoms with E-state index in [0.29, 0.717) is 12.3 Å². The Morgan fingerprint density at radius 2 is 2.00 bits per heavy atom. The van der Waals surface area contributed by atoms with Crippen LogP contribution in [0.4, 0.5) is 5.69 Å². The van der Waals surface area contributed by atoms with Crippen molar-refractivity contribution in [2.75, 3.05) is 18.6 Å². The zero-order valence-corrected chi connectivity index (χ0v) is 13.0. The van der Waals surface area contributed by atoms with E-state index in [0.717, 1.165) is 12.8 Å². The molecule has 2 N–H and O–H groups in total. The molecule has 1 saturated heterocycles. The second kappa shape index (κ2) is 6.13. The van der Waals surface area contributed by atoms with Gasteiger partial charge in [0, 0.05) is 19.3 Å². The van der Waals surface area contributed by atoms with Gasteiger partial charge in [-0.1, -0.05) is 6.92 Å². The summed E-state index contributed by atoms with van der Waals surface area (Å²) in [4.78, 5) is 14.1. The van der Waals surface area contributed by atoms with Gasteiger partial charge in [-0.15, -0.1) is 0 Å². The Morgan fingerprint density at radius 3 is 2.52 bits per heavy atom. The van der Waals surface area contributed by atoms with Gasteiger partial charge in [0.25, 0.3) is 0 Å². The highest BCUT2D eigenvalue weighted by atomic mass is 32.2. The summed E-state index contributed by atoms with van der Waals surface area (Å²) in [5.74, 6) is -0.152. The lowest BCUT2D eigenvalue weighted by molar-refractivity contribution is -0.123. The highest BCUT2D eigenvalue weighted by molar-refractivity contribution is 7.89. The number of sulfonamides is 1. The van der Waals surface area contributed by atoms with E-state index in [1.165, 1.54) is 17.0 Å². The van der Waals surface area contributed by atoms with Crippen LogP contribution < -0.4 is 10.0 Å². The van der Waals surface area contributed by atoms with E-state index in [-0.39, 0.29) is 22.8 Å². The van der Waals surface area contributed by atoms with Crippen molar-refractivity contribution in [3.05, 3.63) is 24.3 Å². The largest absolute Gasteiger partial charge is 0.377 e. The third kappa shape index (κ3) is 3.42. The minimum absolute atomic E-state index is 0.0114. The predicted molar refractivity (Wildman–Crippen MR) is 79.4 cm³/mol. The van der Waals surface area contributed by atoms with Crippen LogP contribution in [-0.2, 0) is 19.6 Å². The van der Waals surface area contributed by atoms with E-state index in [1.807, 2.05) is 6.92 Å². The molecule has 1 aromatic carbocycles. The van der Waals surface area contributed by atoms with Gasteiger partial charge < -0.3 is 9.64 Å². The van der Waals surface area contributed by atoms with Gasteiger partial charge >= 0.3 is 0 Å². The van der Waals surface area contributed by atoms with Gasteiger partial charge in [0.05, 0.1) is 16.9 Å². The molecule has 0 bridgehead atoms. The molecule has 116 valence electrons. The standard InChI is InChI=1S/C14H20N2O4S/c1-3-13-12(8-9-20-13)14(17)16(2)10-4-6-11(7-5-10)21(15,18)19/h4-7,12-13H,3,8-9H2,1-2H3,(H2,15,18,19). The summed E-state index contributed by atoms with van der Waals surface area (Å²) in [7, 11) is -2.04. The normalized spacial score (nSPS) is 22.2. The number of primary sulfonamides is 1. The SMILES string of the molecule is CCC1OCCC1C(=O)N(C)c1ccc(S(N)(=O)=O)cc1. The lowest BCUT2D eigenvalue weighted by atomic mass is 9.98. The van der Waals surface area contributed by atoms with Gasteiger partial charge in [-0.25, -0.2) is 13.6 Å². The van der Waals surface area contributed by atoms with Gasteiger partial charge in [-0.05, 0) is 37.1 Å². The minimum atomic E-state index is -3.72. The van der Waals surface area contributed by atoms with Crippen molar-refractivity contribution < 1.29 is 17.9 Å². The molecule has 1 fully saturated rings. The fourth-order valence-corrected chi connectivity index (χ4v) is 3.08. The smallest absolute Gasteiger partial charge is 0.238 e. The molecule has 2 atom stereocenters. The number of ether oxygens (including phenoxy) is 1. The van der Waals surface area contributed by atoms with Crippen molar-refractivity contribution in [2.24, 2.45) is 11.1 Å². The Morgan fingerprint density at radius 1 is 1.38 bits per heavy atom. The first-order valence-electron chi connectivity index (χ1n) is 6.86. The Hall–Kier alpha value is -1.44. The Kier molecular flexibility index (Phi) is 4.65. The molecular weight excluding hydrogens is 292 g/mol. The molecule has 21 heavy (non-hydrogen) atoms. The lowest BCUT2D eigenvalue weighted by Gasteiger charge is -2.24. The second-order valence-electron chi connectivity index (χ2n) is 5.15. The Bertz CT molecular complexity index is 612. The van der Waals surface area contributed by atoms with Crippen LogP contribution in [0.15, 0.2) is 29.2 Å². The molecule has 1 aliphatic rings. The van der Waals surface area contributed by atoms with Crippen LogP contribution >= 0.6 is 0 Å². The molecule has 1 aromatic rings. The van der Waals surface area contributed by atoms with Crippen LogP contribution in [0.5, 0.6) is 0 Å². The second-order valence-corrected chi connectivity index (χ2v) is 6.71. The molecule has 1 aliphatic heterocycles. The molecule has 1 heterocycles. The number of amides is 1. The van der Waals surface area contributed by atoms with E-state index < -0.39 is 10.0 Å². The van der Waals surface area contributed by atoms with Crippen LogP contribution in [0.1, 0.15) is 19.8 Å². The first-order valence-corrected chi connectivity index (χ1v) is 8.41. The molecule has 0 spiro atoms. The summed E-state index contributed by atoms with van der Waals surface area (Å²) >= 11 is 0. The fraction of sp³-hybridized carbons (Fsp3) is 0.500. The average molecular weight is 312 g/mol. The molecule has 0 aliphatic carbocycles. The van der Waals surface area contributed by atoms with E-state index in [2.05, 4.69) is 0 Å². The number of rotatable bonds is 4. The number of hydrogen-bond acceptors (Lipinski definition) is 4. The first-order chi connectivity index (χ1) is 9.84. The van der Waals surface area contributed by atoms with E-state index in [4.69, 9.17) is 9.88 Å². The molecule has 2 rings (SSSR count). The van der Waals surface area contributed by atoms with Crippen LogP contribution in [0.3, 0.4) is 0 Å². The van der Waals surface area contributed by atoms with Crippen molar-refractivity contribution >= 4 is 21.6 Å². The Balaban J connectivity index is 2.16. The average Bonchev–Trinajstić information content (AvgIpc) is 2.93. The number of carbonyl (C=O) groups is 1. The lowest BCUT2D eigenvalue weighted by Crippen LogP contribution is -2.36. The van der Waals surface area contributed by atoms with Gasteiger partial charge in [-0.3, -0.25) is 4.79 Å². The number of carbonyl (C=O) groups excluding carboxylic acids is 1. The monoisotopic (exact) mass is 312 g/mol. The molecular formula is C14H20N2O4S. The number of hydrogen-bond donors (Lipinski definition) is 1. The number of benzene rings is 1.